The minimum Gasteiger partial charge on any atom is -0.415 e. The number of nitrogens with zero attached hydrogens (tertiary/aromatic N) is 4. The molecule has 7 heteroatoms. The Morgan fingerprint density at radius 3 is 1.91 bits per heavy atom. The lowest BCUT2D eigenvalue weighted by Gasteiger charge is -2.37. The van der Waals surface area contributed by atoms with Crippen LogP contribution < -0.4 is 15.0 Å². The van der Waals surface area contributed by atoms with Gasteiger partial charge in [0.15, 0.2) is 0 Å². The number of hydrogen-bond donors (Lipinski definition) is 0. The molecule has 0 saturated carbocycles. The molecule has 34 heavy (non-hydrogen) atoms. The summed E-state index contributed by atoms with van der Waals surface area (Å²) >= 11 is 0. The quantitative estimate of drug-likeness (QED) is 0.286. The second-order valence-corrected chi connectivity index (χ2v) is 12.8. The summed E-state index contributed by atoms with van der Waals surface area (Å²) in [7, 11) is 6.12. The molecule has 2 heterocycles. The highest BCUT2D eigenvalue weighted by atomic mass is 28.2. The molecule has 2 fully saturated rings. The summed E-state index contributed by atoms with van der Waals surface area (Å²) in [6, 6.07) is 9.97. The van der Waals surface area contributed by atoms with Crippen LogP contribution in [0.1, 0.15) is 52.4 Å². The number of piperazine rings is 2. The Labute approximate surface area is 215 Å². The van der Waals surface area contributed by atoms with Crippen molar-refractivity contribution in [3.63, 3.8) is 0 Å². The van der Waals surface area contributed by atoms with Gasteiger partial charge >= 0.3 is 0 Å². The molecule has 1 aromatic carbocycles. The Morgan fingerprint density at radius 1 is 0.735 bits per heavy atom. The Bertz CT molecular complexity index is 689. The minimum atomic E-state index is 0.388. The van der Waals surface area contributed by atoms with E-state index in [0.29, 0.717) is 15.9 Å². The maximum absolute atomic E-state index is 5.67. The van der Waals surface area contributed by atoms with Crippen molar-refractivity contribution in [3.8, 4) is 0 Å². The van der Waals surface area contributed by atoms with E-state index in [2.05, 4.69) is 65.7 Å². The van der Waals surface area contributed by atoms with Gasteiger partial charge in [-0.15, -0.1) is 0 Å². The van der Waals surface area contributed by atoms with Gasteiger partial charge in [0, 0.05) is 69.8 Å². The molecular weight excluding hydrogens is 452 g/mol. The second-order valence-electron chi connectivity index (χ2n) is 10.4. The maximum atomic E-state index is 5.67. The van der Waals surface area contributed by atoms with Gasteiger partial charge in [-0.2, -0.15) is 0 Å². The third kappa shape index (κ3) is 9.65. The molecule has 2 aliphatic heterocycles. The second kappa shape index (κ2) is 15.3. The number of unbranched alkanes of at least 4 members (excludes halogenated alkanes) is 5. The van der Waals surface area contributed by atoms with E-state index in [-0.39, 0.29) is 0 Å². The highest BCUT2D eigenvalue weighted by Gasteiger charge is 2.20. The van der Waals surface area contributed by atoms with Gasteiger partial charge in [0.25, 0.3) is 0 Å². The summed E-state index contributed by atoms with van der Waals surface area (Å²) in [5.41, 5.74) is 2.95. The van der Waals surface area contributed by atoms with Crippen LogP contribution in [0.25, 0.3) is 0 Å². The Balaban J connectivity index is 1.43. The van der Waals surface area contributed by atoms with Gasteiger partial charge in [-0.25, -0.2) is 0 Å². The molecule has 0 spiro atoms. The zero-order chi connectivity index (χ0) is 24.2. The van der Waals surface area contributed by atoms with Crippen molar-refractivity contribution in [3.05, 3.63) is 18.2 Å². The van der Waals surface area contributed by atoms with Gasteiger partial charge in [-0.1, -0.05) is 50.6 Å². The standard InChI is InChI=1S/C27H48N4OSi2/c1-24(2)32-34-22-10-8-6-5-7-9-21-33-27-12-11-25(30-17-13-28(3)14-18-30)23-26(27)31-19-15-29(4)16-20-31/h11-12,23-24H,5-10,13-22H2,1-4H3. The summed E-state index contributed by atoms with van der Waals surface area (Å²) in [5, 5.41) is 1.59. The van der Waals surface area contributed by atoms with E-state index in [1.54, 1.807) is 5.19 Å². The van der Waals surface area contributed by atoms with Crippen LogP contribution in [0.15, 0.2) is 18.2 Å². The largest absolute Gasteiger partial charge is 0.415 e. The molecule has 2 saturated heterocycles. The summed E-state index contributed by atoms with van der Waals surface area (Å²) in [4.78, 5) is 10.1. The zero-order valence-electron chi connectivity index (χ0n) is 22.3. The molecule has 0 atom stereocenters. The van der Waals surface area contributed by atoms with Crippen LogP contribution in [0.3, 0.4) is 0 Å². The predicted octanol–water partition coefficient (Wildman–Crippen LogP) is 3.74. The minimum absolute atomic E-state index is 0.388. The van der Waals surface area contributed by atoms with Crippen LogP contribution in [0, 0.1) is 0 Å². The normalized spacial score (nSPS) is 18.3. The van der Waals surface area contributed by atoms with Gasteiger partial charge in [-0.3, -0.25) is 0 Å². The fraction of sp³-hybridized carbons (Fsp3) is 0.778. The molecule has 0 amide bonds. The molecule has 0 N–H and O–H groups in total. The fourth-order valence-electron chi connectivity index (χ4n) is 4.72. The van der Waals surface area contributed by atoms with Gasteiger partial charge in [-0.05, 0) is 51.3 Å². The topological polar surface area (TPSA) is 22.2 Å². The number of rotatable bonds is 14. The third-order valence-electron chi connectivity index (χ3n) is 7.03. The first-order valence-electron chi connectivity index (χ1n) is 13.7. The molecule has 1 aromatic rings. The van der Waals surface area contributed by atoms with Gasteiger partial charge in [0.1, 0.15) is 0 Å². The van der Waals surface area contributed by atoms with E-state index in [9.17, 15) is 0 Å². The maximum Gasteiger partial charge on any atom is 0.230 e. The first-order valence-corrected chi connectivity index (χ1v) is 16.0. The number of likely N-dealkylation sites (N-methyl/N-ethyl adjacent to an activating group) is 2. The highest BCUT2D eigenvalue weighted by molar-refractivity contribution is 6.55. The van der Waals surface area contributed by atoms with Crippen LogP contribution in [0.2, 0.25) is 12.1 Å². The van der Waals surface area contributed by atoms with Crippen molar-refractivity contribution in [1.29, 1.82) is 0 Å². The molecule has 0 bridgehead atoms. The van der Waals surface area contributed by atoms with Crippen molar-refractivity contribution in [2.75, 3.05) is 76.3 Å². The van der Waals surface area contributed by atoms with Gasteiger partial charge < -0.3 is 24.0 Å². The van der Waals surface area contributed by atoms with Crippen molar-refractivity contribution in [2.24, 2.45) is 0 Å². The number of hydrogen-bond acceptors (Lipinski definition) is 5. The molecule has 2 aliphatic rings. The van der Waals surface area contributed by atoms with Crippen molar-refractivity contribution >= 4 is 35.8 Å². The van der Waals surface area contributed by atoms with Gasteiger partial charge in [0.2, 0.25) is 9.76 Å². The number of benzene rings is 1. The SMILES string of the molecule is CC(C)O[Si]CCCCCCCC[Si]c1ccc(N2CCN(C)CC2)cc1N1CCN(C)CC1. The number of anilines is 2. The average molecular weight is 501 g/mol. The molecule has 190 valence electrons. The van der Waals surface area contributed by atoms with Crippen LogP contribution in [-0.4, -0.2) is 102 Å². The zero-order valence-corrected chi connectivity index (χ0v) is 24.3. The molecular formula is C27H48N4OSi2. The molecule has 3 rings (SSSR count). The van der Waals surface area contributed by atoms with Crippen molar-refractivity contribution in [2.45, 2.75) is 70.6 Å². The van der Waals surface area contributed by atoms with Crippen LogP contribution >= 0.6 is 0 Å². The average Bonchev–Trinajstić information content (AvgIpc) is 2.83. The van der Waals surface area contributed by atoms with Crippen LogP contribution in [0.5, 0.6) is 0 Å². The summed E-state index contributed by atoms with van der Waals surface area (Å²) in [6.45, 7) is 13.5. The highest BCUT2D eigenvalue weighted by Crippen LogP contribution is 2.23. The van der Waals surface area contributed by atoms with E-state index in [1.807, 2.05) is 0 Å². The Kier molecular flexibility index (Phi) is 12.5. The van der Waals surface area contributed by atoms with Gasteiger partial charge in [0.05, 0.1) is 9.52 Å². The predicted molar refractivity (Wildman–Crippen MR) is 151 cm³/mol. The molecule has 0 aliphatic carbocycles. The third-order valence-corrected chi connectivity index (χ3v) is 9.64. The van der Waals surface area contributed by atoms with Crippen LogP contribution in [0.4, 0.5) is 11.4 Å². The monoisotopic (exact) mass is 500 g/mol. The lowest BCUT2D eigenvalue weighted by molar-refractivity contribution is 0.254. The van der Waals surface area contributed by atoms with Crippen molar-refractivity contribution in [1.82, 2.24) is 9.80 Å². The summed E-state index contributed by atoms with van der Waals surface area (Å²) in [6.07, 6.45) is 8.64. The molecule has 0 aromatic heterocycles. The molecule has 5 nitrogen and oxygen atoms in total. The van der Waals surface area contributed by atoms with E-state index >= 15 is 0 Å². The molecule has 4 radical (unpaired) electrons. The Morgan fingerprint density at radius 2 is 1.29 bits per heavy atom. The van der Waals surface area contributed by atoms with E-state index < -0.39 is 0 Å². The fourth-order valence-corrected chi connectivity index (χ4v) is 6.87. The van der Waals surface area contributed by atoms with Crippen molar-refractivity contribution < 1.29 is 4.43 Å². The van der Waals surface area contributed by atoms with Crippen LogP contribution in [-0.2, 0) is 4.43 Å². The summed E-state index contributed by atoms with van der Waals surface area (Å²) in [5.74, 6) is 0. The lowest BCUT2D eigenvalue weighted by Crippen LogP contribution is -2.47. The molecule has 0 unspecified atom stereocenters. The van der Waals surface area contributed by atoms with E-state index in [1.165, 1.54) is 88.2 Å². The van der Waals surface area contributed by atoms with E-state index in [0.717, 1.165) is 35.7 Å². The van der Waals surface area contributed by atoms with E-state index in [4.69, 9.17) is 4.43 Å². The summed E-state index contributed by atoms with van der Waals surface area (Å²) < 4.78 is 5.67. The first kappa shape index (κ1) is 27.7. The smallest absolute Gasteiger partial charge is 0.230 e. The lowest BCUT2D eigenvalue weighted by atomic mass is 10.1. The Hall–Kier alpha value is -0.866. The first-order chi connectivity index (χ1) is 16.5.